The van der Waals surface area contributed by atoms with Crippen LogP contribution in [0.5, 0.6) is 0 Å². The standard InChI is InChI=1S/C7H11NO4/c1-4-6(8(10)11)12-7(9)5(2)3/h6H,2,4H2,1,3H3. The number of hydrogen-bond acceptors (Lipinski definition) is 4. The van der Waals surface area contributed by atoms with Crippen molar-refractivity contribution in [2.45, 2.75) is 26.5 Å². The van der Waals surface area contributed by atoms with Crippen molar-refractivity contribution in [2.75, 3.05) is 0 Å². The number of ether oxygens (including phenoxy) is 1. The molecule has 5 nitrogen and oxygen atoms in total. The molecule has 1 atom stereocenters. The van der Waals surface area contributed by atoms with Crippen LogP contribution in [0.2, 0.25) is 0 Å². The van der Waals surface area contributed by atoms with Gasteiger partial charge in [-0.2, -0.15) is 0 Å². The van der Waals surface area contributed by atoms with Gasteiger partial charge in [-0.3, -0.25) is 10.1 Å². The maximum atomic E-state index is 10.8. The molecular formula is C7H11NO4. The van der Waals surface area contributed by atoms with E-state index in [2.05, 4.69) is 11.3 Å². The summed E-state index contributed by atoms with van der Waals surface area (Å²) in [5.74, 6) is -0.724. The molecule has 1 unspecified atom stereocenters. The highest BCUT2D eigenvalue weighted by Gasteiger charge is 2.21. The molecule has 0 saturated heterocycles. The highest BCUT2D eigenvalue weighted by molar-refractivity contribution is 5.86. The first kappa shape index (κ1) is 10.6. The predicted octanol–water partition coefficient (Wildman–Crippen LogP) is 1.12. The molecule has 0 fully saturated rings. The molecule has 0 aromatic rings. The van der Waals surface area contributed by atoms with Crippen molar-refractivity contribution in [3.63, 3.8) is 0 Å². The zero-order valence-electron chi connectivity index (χ0n) is 7.07. The molecule has 0 saturated carbocycles. The van der Waals surface area contributed by atoms with Gasteiger partial charge in [0.05, 0.1) is 11.3 Å². The van der Waals surface area contributed by atoms with Gasteiger partial charge < -0.3 is 4.74 Å². The highest BCUT2D eigenvalue weighted by Crippen LogP contribution is 2.02. The van der Waals surface area contributed by atoms with Crippen molar-refractivity contribution < 1.29 is 14.5 Å². The molecular weight excluding hydrogens is 162 g/mol. The highest BCUT2D eigenvalue weighted by atomic mass is 16.7. The van der Waals surface area contributed by atoms with E-state index in [4.69, 9.17) is 0 Å². The van der Waals surface area contributed by atoms with Gasteiger partial charge in [-0.1, -0.05) is 13.5 Å². The average Bonchev–Trinajstić information content (AvgIpc) is 1.98. The monoisotopic (exact) mass is 173 g/mol. The summed E-state index contributed by atoms with van der Waals surface area (Å²) in [6.07, 6.45) is -1.10. The number of nitrogens with zero attached hydrogens (tertiary/aromatic N) is 1. The minimum Gasteiger partial charge on any atom is -0.395 e. The zero-order valence-corrected chi connectivity index (χ0v) is 7.07. The molecule has 0 aliphatic carbocycles. The minimum absolute atomic E-state index is 0.159. The molecule has 68 valence electrons. The van der Waals surface area contributed by atoms with Gasteiger partial charge in [0.2, 0.25) is 0 Å². The number of rotatable bonds is 4. The van der Waals surface area contributed by atoms with Crippen molar-refractivity contribution in [1.29, 1.82) is 0 Å². The zero-order chi connectivity index (χ0) is 9.72. The van der Waals surface area contributed by atoms with E-state index in [1.54, 1.807) is 6.92 Å². The van der Waals surface area contributed by atoms with Crippen LogP contribution in [-0.4, -0.2) is 17.1 Å². The Morgan fingerprint density at radius 2 is 2.25 bits per heavy atom. The van der Waals surface area contributed by atoms with Gasteiger partial charge >= 0.3 is 12.2 Å². The molecule has 0 spiro atoms. The lowest BCUT2D eigenvalue weighted by Gasteiger charge is -2.07. The van der Waals surface area contributed by atoms with Crippen molar-refractivity contribution >= 4 is 5.97 Å². The summed E-state index contributed by atoms with van der Waals surface area (Å²) < 4.78 is 4.48. The first-order chi connectivity index (χ1) is 5.49. The van der Waals surface area contributed by atoms with Gasteiger partial charge in [-0.15, -0.1) is 0 Å². The molecule has 0 aromatic heterocycles. The second kappa shape index (κ2) is 4.48. The molecule has 0 amide bonds. The normalized spacial score (nSPS) is 11.8. The Balaban J connectivity index is 4.12. The molecule has 0 aliphatic rings. The SMILES string of the molecule is C=C(C)C(=O)OC(CC)[N+](=O)[O-]. The van der Waals surface area contributed by atoms with E-state index in [1.165, 1.54) is 6.92 Å². The molecule has 0 rings (SSSR count). The topological polar surface area (TPSA) is 69.4 Å². The summed E-state index contributed by atoms with van der Waals surface area (Å²) in [6, 6.07) is 0. The molecule has 12 heavy (non-hydrogen) atoms. The van der Waals surface area contributed by atoms with E-state index < -0.39 is 17.1 Å². The van der Waals surface area contributed by atoms with Gasteiger partial charge in [0.15, 0.2) is 0 Å². The summed E-state index contributed by atoms with van der Waals surface area (Å²) in [6.45, 7) is 6.31. The molecule has 5 heteroatoms. The van der Waals surface area contributed by atoms with Gasteiger partial charge in [0.1, 0.15) is 0 Å². The molecule has 0 bridgehead atoms. The van der Waals surface area contributed by atoms with Crippen LogP contribution in [0.25, 0.3) is 0 Å². The number of carbonyl (C=O) groups excluding carboxylic acids is 1. The van der Waals surface area contributed by atoms with Crippen LogP contribution >= 0.6 is 0 Å². The average molecular weight is 173 g/mol. The predicted molar refractivity (Wildman–Crippen MR) is 42.0 cm³/mol. The Morgan fingerprint density at radius 3 is 2.50 bits per heavy atom. The number of carbonyl (C=O) groups is 1. The Bertz CT molecular complexity index is 211. The van der Waals surface area contributed by atoms with Crippen molar-refractivity contribution in [3.05, 3.63) is 22.3 Å². The third-order valence-corrected chi connectivity index (χ3v) is 1.18. The van der Waals surface area contributed by atoms with Crippen LogP contribution in [0, 0.1) is 10.1 Å². The molecule has 0 aliphatic heterocycles. The second-order valence-corrected chi connectivity index (χ2v) is 2.33. The van der Waals surface area contributed by atoms with Crippen LogP contribution in [-0.2, 0) is 9.53 Å². The van der Waals surface area contributed by atoms with Crippen molar-refractivity contribution in [1.82, 2.24) is 0 Å². The van der Waals surface area contributed by atoms with E-state index in [0.29, 0.717) is 0 Å². The third-order valence-electron chi connectivity index (χ3n) is 1.18. The fourth-order valence-corrected chi connectivity index (χ4v) is 0.500. The lowest BCUT2D eigenvalue weighted by molar-refractivity contribution is -0.568. The first-order valence-corrected chi connectivity index (χ1v) is 3.49. The van der Waals surface area contributed by atoms with Crippen LogP contribution in [0.1, 0.15) is 20.3 Å². The Labute approximate surface area is 70.2 Å². The van der Waals surface area contributed by atoms with E-state index in [1.807, 2.05) is 0 Å². The largest absolute Gasteiger partial charge is 0.395 e. The molecule has 0 heterocycles. The molecule has 0 aromatic carbocycles. The summed E-state index contributed by atoms with van der Waals surface area (Å²) in [5, 5.41) is 10.2. The van der Waals surface area contributed by atoms with Gasteiger partial charge in [-0.05, 0) is 6.92 Å². The van der Waals surface area contributed by atoms with Crippen LogP contribution in [0.3, 0.4) is 0 Å². The summed E-state index contributed by atoms with van der Waals surface area (Å²) in [4.78, 5) is 20.3. The van der Waals surface area contributed by atoms with Crippen LogP contribution in [0.15, 0.2) is 12.2 Å². The fraction of sp³-hybridized carbons (Fsp3) is 0.571. The quantitative estimate of drug-likeness (QED) is 0.210. The third kappa shape index (κ3) is 3.14. The fourth-order valence-electron chi connectivity index (χ4n) is 0.500. The molecule has 0 N–H and O–H groups in total. The Kier molecular flexibility index (Phi) is 3.96. The summed E-state index contributed by atoms with van der Waals surface area (Å²) in [7, 11) is 0. The lowest BCUT2D eigenvalue weighted by Crippen LogP contribution is -2.25. The van der Waals surface area contributed by atoms with Gasteiger partial charge in [0, 0.05) is 5.57 Å². The van der Waals surface area contributed by atoms with Crippen LogP contribution < -0.4 is 0 Å². The molecule has 0 radical (unpaired) electrons. The smallest absolute Gasteiger partial charge is 0.355 e. The van der Waals surface area contributed by atoms with E-state index in [0.717, 1.165) is 0 Å². The number of hydrogen-bond donors (Lipinski definition) is 0. The summed E-state index contributed by atoms with van der Waals surface area (Å²) in [5.41, 5.74) is 0.162. The lowest BCUT2D eigenvalue weighted by atomic mass is 10.3. The van der Waals surface area contributed by atoms with Crippen molar-refractivity contribution in [3.8, 4) is 0 Å². The first-order valence-electron chi connectivity index (χ1n) is 3.49. The van der Waals surface area contributed by atoms with E-state index in [9.17, 15) is 14.9 Å². The van der Waals surface area contributed by atoms with E-state index >= 15 is 0 Å². The van der Waals surface area contributed by atoms with E-state index in [-0.39, 0.29) is 12.0 Å². The minimum atomic E-state index is -1.26. The van der Waals surface area contributed by atoms with Gasteiger partial charge in [0.25, 0.3) is 0 Å². The second-order valence-electron chi connectivity index (χ2n) is 2.33. The number of esters is 1. The van der Waals surface area contributed by atoms with Crippen molar-refractivity contribution in [2.24, 2.45) is 0 Å². The van der Waals surface area contributed by atoms with Gasteiger partial charge in [-0.25, -0.2) is 4.79 Å². The Morgan fingerprint density at radius 1 is 1.75 bits per heavy atom. The Hall–Kier alpha value is -1.39. The van der Waals surface area contributed by atoms with Crippen LogP contribution in [0.4, 0.5) is 0 Å². The maximum Gasteiger partial charge on any atom is 0.355 e. The summed E-state index contributed by atoms with van der Waals surface area (Å²) >= 11 is 0. The maximum absolute atomic E-state index is 10.8. The number of nitro groups is 1.